The number of hydrogen-bond acceptors (Lipinski definition) is 3. The third-order valence-corrected chi connectivity index (χ3v) is 4.35. The van der Waals surface area contributed by atoms with Crippen LogP contribution in [-0.2, 0) is 6.42 Å². The molecule has 24 heavy (non-hydrogen) atoms. The summed E-state index contributed by atoms with van der Waals surface area (Å²) in [6, 6.07) is 22.5. The molecule has 1 aromatic heterocycles. The Hall–Kier alpha value is -2.81. The van der Waals surface area contributed by atoms with Gasteiger partial charge in [0.2, 0.25) is 0 Å². The van der Waals surface area contributed by atoms with Gasteiger partial charge in [0, 0.05) is 5.92 Å². The maximum absolute atomic E-state index is 5.91. The van der Waals surface area contributed by atoms with Gasteiger partial charge in [-0.3, -0.25) is 0 Å². The maximum atomic E-state index is 5.91. The lowest BCUT2D eigenvalue weighted by atomic mass is 9.87. The van der Waals surface area contributed by atoms with Gasteiger partial charge in [0.1, 0.15) is 11.6 Å². The highest BCUT2D eigenvalue weighted by Crippen LogP contribution is 2.30. The SMILES string of the molecule is COc1ccc(C(Cc2ccccc2C)c2cccc(N)n2)cc1. The number of benzene rings is 2. The van der Waals surface area contributed by atoms with Gasteiger partial charge in [-0.25, -0.2) is 4.98 Å². The molecule has 0 aliphatic heterocycles. The summed E-state index contributed by atoms with van der Waals surface area (Å²) in [4.78, 5) is 4.56. The van der Waals surface area contributed by atoms with Gasteiger partial charge in [0.15, 0.2) is 0 Å². The van der Waals surface area contributed by atoms with Gasteiger partial charge in [-0.05, 0) is 54.3 Å². The van der Waals surface area contributed by atoms with Crippen LogP contribution in [0.4, 0.5) is 5.82 Å². The van der Waals surface area contributed by atoms with Gasteiger partial charge in [-0.15, -0.1) is 0 Å². The Kier molecular flexibility index (Phi) is 4.80. The predicted octanol–water partition coefficient (Wildman–Crippen LogP) is 4.36. The summed E-state index contributed by atoms with van der Waals surface area (Å²) in [5.41, 5.74) is 10.7. The van der Waals surface area contributed by atoms with Crippen LogP contribution in [0.2, 0.25) is 0 Å². The van der Waals surface area contributed by atoms with Crippen molar-refractivity contribution in [3.8, 4) is 5.75 Å². The Morgan fingerprint density at radius 3 is 2.38 bits per heavy atom. The van der Waals surface area contributed by atoms with Crippen molar-refractivity contribution in [2.75, 3.05) is 12.8 Å². The number of nitrogens with two attached hydrogens (primary N) is 1. The van der Waals surface area contributed by atoms with E-state index in [1.807, 2.05) is 30.3 Å². The molecule has 1 unspecified atom stereocenters. The molecule has 2 aromatic carbocycles. The molecule has 2 N–H and O–H groups in total. The van der Waals surface area contributed by atoms with Crippen molar-refractivity contribution in [3.05, 3.63) is 89.1 Å². The molecule has 3 rings (SSSR count). The zero-order chi connectivity index (χ0) is 16.9. The quantitative estimate of drug-likeness (QED) is 0.760. The minimum atomic E-state index is 0.153. The Morgan fingerprint density at radius 1 is 0.958 bits per heavy atom. The number of nitrogens with zero attached hydrogens (tertiary/aromatic N) is 1. The molecule has 1 atom stereocenters. The van der Waals surface area contributed by atoms with Crippen LogP contribution in [0.15, 0.2) is 66.7 Å². The van der Waals surface area contributed by atoms with Gasteiger partial charge in [-0.1, -0.05) is 42.5 Å². The summed E-state index contributed by atoms with van der Waals surface area (Å²) in [6.45, 7) is 2.15. The van der Waals surface area contributed by atoms with Crippen molar-refractivity contribution in [1.82, 2.24) is 4.98 Å². The van der Waals surface area contributed by atoms with E-state index in [0.717, 1.165) is 17.9 Å². The van der Waals surface area contributed by atoms with Crippen molar-refractivity contribution in [1.29, 1.82) is 0 Å². The van der Waals surface area contributed by atoms with Crippen molar-refractivity contribution >= 4 is 5.82 Å². The van der Waals surface area contributed by atoms with Crippen molar-refractivity contribution < 1.29 is 4.74 Å². The Balaban J connectivity index is 2.01. The molecule has 0 amide bonds. The van der Waals surface area contributed by atoms with Crippen molar-refractivity contribution in [3.63, 3.8) is 0 Å². The molecule has 0 aliphatic carbocycles. The van der Waals surface area contributed by atoms with E-state index in [-0.39, 0.29) is 5.92 Å². The molecule has 0 saturated carbocycles. The summed E-state index contributed by atoms with van der Waals surface area (Å²) in [7, 11) is 1.68. The summed E-state index contributed by atoms with van der Waals surface area (Å²) < 4.78 is 5.28. The molecule has 0 radical (unpaired) electrons. The lowest BCUT2D eigenvalue weighted by Crippen LogP contribution is -2.09. The average molecular weight is 318 g/mol. The molecule has 0 spiro atoms. The van der Waals surface area contributed by atoms with Crippen molar-refractivity contribution in [2.45, 2.75) is 19.3 Å². The molecule has 122 valence electrons. The summed E-state index contributed by atoms with van der Waals surface area (Å²) >= 11 is 0. The monoisotopic (exact) mass is 318 g/mol. The van der Waals surface area contributed by atoms with Gasteiger partial charge >= 0.3 is 0 Å². The number of rotatable bonds is 5. The third-order valence-electron chi connectivity index (χ3n) is 4.35. The highest BCUT2D eigenvalue weighted by atomic mass is 16.5. The van der Waals surface area contributed by atoms with E-state index < -0.39 is 0 Å². The van der Waals surface area contributed by atoms with E-state index in [2.05, 4.69) is 48.3 Å². The second kappa shape index (κ2) is 7.18. The minimum absolute atomic E-state index is 0.153. The van der Waals surface area contributed by atoms with E-state index in [4.69, 9.17) is 10.5 Å². The fraction of sp³-hybridized carbons (Fsp3) is 0.190. The Labute approximate surface area is 143 Å². The highest BCUT2D eigenvalue weighted by Gasteiger charge is 2.17. The summed E-state index contributed by atoms with van der Waals surface area (Å²) in [6.07, 6.45) is 0.884. The second-order valence-corrected chi connectivity index (χ2v) is 5.94. The number of pyridine rings is 1. The van der Waals surface area contributed by atoms with Crippen LogP contribution in [-0.4, -0.2) is 12.1 Å². The summed E-state index contributed by atoms with van der Waals surface area (Å²) in [5, 5.41) is 0. The van der Waals surface area contributed by atoms with Gasteiger partial charge < -0.3 is 10.5 Å². The van der Waals surface area contributed by atoms with Gasteiger partial charge in [0.05, 0.1) is 12.8 Å². The average Bonchev–Trinajstić information content (AvgIpc) is 2.61. The zero-order valence-corrected chi connectivity index (χ0v) is 14.1. The van der Waals surface area contributed by atoms with Crippen LogP contribution in [0.3, 0.4) is 0 Å². The number of ether oxygens (including phenoxy) is 1. The first-order valence-electron chi connectivity index (χ1n) is 8.08. The van der Waals surface area contributed by atoms with Crippen molar-refractivity contribution in [2.24, 2.45) is 0 Å². The van der Waals surface area contributed by atoms with E-state index >= 15 is 0 Å². The molecular weight excluding hydrogens is 296 g/mol. The van der Waals surface area contributed by atoms with Gasteiger partial charge in [0.25, 0.3) is 0 Å². The fourth-order valence-corrected chi connectivity index (χ4v) is 2.95. The summed E-state index contributed by atoms with van der Waals surface area (Å²) in [5.74, 6) is 1.56. The Bertz CT molecular complexity index is 812. The largest absolute Gasteiger partial charge is 0.497 e. The molecule has 0 saturated heterocycles. The van der Waals surface area contributed by atoms with Crippen LogP contribution < -0.4 is 10.5 Å². The lowest BCUT2D eigenvalue weighted by molar-refractivity contribution is 0.414. The highest BCUT2D eigenvalue weighted by molar-refractivity contribution is 5.39. The topological polar surface area (TPSA) is 48.1 Å². The molecule has 3 heteroatoms. The van der Waals surface area contributed by atoms with Gasteiger partial charge in [-0.2, -0.15) is 0 Å². The Morgan fingerprint density at radius 2 is 1.71 bits per heavy atom. The number of methoxy groups -OCH3 is 1. The van der Waals surface area contributed by atoms with Crippen LogP contribution >= 0.6 is 0 Å². The minimum Gasteiger partial charge on any atom is -0.497 e. The second-order valence-electron chi connectivity index (χ2n) is 5.94. The normalized spacial score (nSPS) is 11.9. The van der Waals surface area contributed by atoms with E-state index in [1.165, 1.54) is 16.7 Å². The van der Waals surface area contributed by atoms with E-state index in [9.17, 15) is 0 Å². The fourth-order valence-electron chi connectivity index (χ4n) is 2.95. The molecule has 0 fully saturated rings. The zero-order valence-electron chi connectivity index (χ0n) is 14.1. The van der Waals surface area contributed by atoms with Crippen LogP contribution in [0, 0.1) is 6.92 Å². The third kappa shape index (κ3) is 3.57. The number of anilines is 1. The molecule has 3 nitrogen and oxygen atoms in total. The number of aryl methyl sites for hydroxylation is 1. The molecule has 3 aromatic rings. The standard InChI is InChI=1S/C21H22N2O/c1-15-6-3-4-7-17(15)14-19(20-8-5-9-21(22)23-20)16-10-12-18(24-2)13-11-16/h3-13,19H,14H2,1-2H3,(H2,22,23). The molecule has 0 aliphatic rings. The first kappa shape index (κ1) is 16.1. The number of aromatic nitrogens is 1. The maximum Gasteiger partial charge on any atom is 0.123 e. The lowest BCUT2D eigenvalue weighted by Gasteiger charge is -2.19. The van der Waals surface area contributed by atoms with E-state index in [0.29, 0.717) is 5.82 Å². The smallest absolute Gasteiger partial charge is 0.123 e. The number of nitrogen functional groups attached to an aromatic ring is 1. The first-order chi connectivity index (χ1) is 11.7. The predicted molar refractivity (Wildman–Crippen MR) is 98.4 cm³/mol. The molecule has 0 bridgehead atoms. The van der Waals surface area contributed by atoms with Crippen LogP contribution in [0.5, 0.6) is 5.75 Å². The molecule has 1 heterocycles. The van der Waals surface area contributed by atoms with Crippen LogP contribution in [0.1, 0.15) is 28.3 Å². The first-order valence-corrected chi connectivity index (χ1v) is 8.08. The van der Waals surface area contributed by atoms with E-state index in [1.54, 1.807) is 7.11 Å². The number of hydrogen-bond donors (Lipinski definition) is 1. The van der Waals surface area contributed by atoms with Crippen LogP contribution in [0.25, 0.3) is 0 Å². The molecular formula is C21H22N2O.